The van der Waals surface area contributed by atoms with Gasteiger partial charge in [0, 0.05) is 19.0 Å². The van der Waals surface area contributed by atoms with E-state index in [1.54, 1.807) is 6.33 Å². The lowest BCUT2D eigenvalue weighted by Crippen LogP contribution is -2.44. The topological polar surface area (TPSA) is 68.8 Å². The van der Waals surface area contributed by atoms with Gasteiger partial charge in [-0.15, -0.1) is 0 Å². The second kappa shape index (κ2) is 7.74. The minimum Gasteiger partial charge on any atom is -0.271 e. The van der Waals surface area contributed by atoms with Gasteiger partial charge in [0.05, 0.1) is 0 Å². The summed E-state index contributed by atoms with van der Waals surface area (Å²) in [5, 5.41) is 4.31. The fraction of sp³-hybridized carbons (Fsp3) is 0.867. The molecular weight excluding hydrogens is 250 g/mol. The number of hydrogen-bond acceptors (Lipinski definition) is 4. The number of nitrogens with two attached hydrogens (primary N) is 1. The third-order valence-electron chi connectivity index (χ3n) is 4.72. The Hall–Kier alpha value is -0.940. The molecule has 0 aromatic carbocycles. The smallest absolute Gasteiger partial charge is 0.138 e. The van der Waals surface area contributed by atoms with E-state index in [9.17, 15) is 0 Å². The molecule has 3 N–H and O–H groups in total. The second-order valence-electron chi connectivity index (χ2n) is 6.08. The largest absolute Gasteiger partial charge is 0.271 e. The summed E-state index contributed by atoms with van der Waals surface area (Å²) in [4.78, 5) is 4.41. The van der Waals surface area contributed by atoms with Gasteiger partial charge < -0.3 is 0 Å². The van der Waals surface area contributed by atoms with Crippen molar-refractivity contribution in [2.24, 2.45) is 17.7 Å². The van der Waals surface area contributed by atoms with Crippen molar-refractivity contribution in [3.63, 3.8) is 0 Å². The quantitative estimate of drug-likeness (QED) is 0.593. The number of nitrogens with one attached hydrogen (secondary N) is 1. The van der Waals surface area contributed by atoms with Crippen LogP contribution in [-0.4, -0.2) is 20.8 Å². The Morgan fingerprint density at radius 2 is 2.30 bits per heavy atom. The van der Waals surface area contributed by atoms with Gasteiger partial charge in [-0.3, -0.25) is 16.0 Å². The molecular formula is C15H29N5. The van der Waals surface area contributed by atoms with Crippen molar-refractivity contribution in [3.8, 4) is 0 Å². The van der Waals surface area contributed by atoms with Crippen LogP contribution >= 0.6 is 0 Å². The summed E-state index contributed by atoms with van der Waals surface area (Å²) in [6, 6.07) is 0.323. The van der Waals surface area contributed by atoms with Gasteiger partial charge in [0.25, 0.3) is 0 Å². The van der Waals surface area contributed by atoms with Crippen molar-refractivity contribution in [3.05, 3.63) is 12.2 Å². The summed E-state index contributed by atoms with van der Waals surface area (Å²) in [5.74, 6) is 8.43. The Labute approximate surface area is 122 Å². The van der Waals surface area contributed by atoms with Crippen molar-refractivity contribution < 1.29 is 0 Å². The summed E-state index contributed by atoms with van der Waals surface area (Å²) in [7, 11) is 0. The monoisotopic (exact) mass is 279 g/mol. The van der Waals surface area contributed by atoms with Gasteiger partial charge in [-0.2, -0.15) is 5.10 Å². The molecule has 0 radical (unpaired) electrons. The van der Waals surface area contributed by atoms with Gasteiger partial charge in [0.2, 0.25) is 0 Å². The summed E-state index contributed by atoms with van der Waals surface area (Å²) in [5.41, 5.74) is 3.04. The van der Waals surface area contributed by atoms with Gasteiger partial charge in [-0.05, 0) is 31.1 Å². The normalized spacial score (nSPS) is 24.8. The average Bonchev–Trinajstić information content (AvgIpc) is 2.92. The first-order valence-corrected chi connectivity index (χ1v) is 8.11. The lowest BCUT2D eigenvalue weighted by molar-refractivity contribution is 0.205. The highest BCUT2D eigenvalue weighted by Gasteiger charge is 2.28. The Kier molecular flexibility index (Phi) is 5.98. The van der Waals surface area contributed by atoms with Crippen LogP contribution in [0.4, 0.5) is 0 Å². The zero-order chi connectivity index (χ0) is 14.4. The second-order valence-corrected chi connectivity index (χ2v) is 6.08. The lowest BCUT2D eigenvalue weighted by Gasteiger charge is -2.33. The van der Waals surface area contributed by atoms with Crippen LogP contribution in [0.2, 0.25) is 0 Å². The van der Waals surface area contributed by atoms with E-state index >= 15 is 0 Å². The molecule has 5 nitrogen and oxygen atoms in total. The van der Waals surface area contributed by atoms with E-state index in [0.717, 1.165) is 31.1 Å². The van der Waals surface area contributed by atoms with Crippen LogP contribution in [0.25, 0.3) is 0 Å². The predicted molar refractivity (Wildman–Crippen MR) is 80.9 cm³/mol. The van der Waals surface area contributed by atoms with Crippen LogP contribution in [0, 0.1) is 11.8 Å². The molecule has 0 bridgehead atoms. The zero-order valence-electron chi connectivity index (χ0n) is 12.9. The molecule has 1 aliphatic rings. The molecule has 1 heterocycles. The maximum Gasteiger partial charge on any atom is 0.138 e. The maximum absolute atomic E-state index is 5.82. The van der Waals surface area contributed by atoms with Gasteiger partial charge in [-0.1, -0.05) is 33.1 Å². The molecule has 2 rings (SSSR count). The number of hydrazine groups is 1. The molecule has 1 fully saturated rings. The third kappa shape index (κ3) is 3.79. The van der Waals surface area contributed by atoms with Crippen molar-refractivity contribution in [2.75, 3.05) is 0 Å². The molecule has 1 aliphatic carbocycles. The standard InChI is InChI=1S/C15H29N5/c1-3-8-20-15(17-11-18-20)10-14(19-16)13-7-5-6-12(4-2)9-13/h11-14,19H,3-10,16H2,1-2H3. The average molecular weight is 279 g/mol. The zero-order valence-corrected chi connectivity index (χ0v) is 12.9. The Bertz CT molecular complexity index is 389. The fourth-order valence-electron chi connectivity index (χ4n) is 3.47. The molecule has 3 unspecified atom stereocenters. The van der Waals surface area contributed by atoms with E-state index < -0.39 is 0 Å². The predicted octanol–water partition coefficient (Wildman–Crippen LogP) is 2.28. The lowest BCUT2D eigenvalue weighted by atomic mass is 9.76. The van der Waals surface area contributed by atoms with Crippen LogP contribution in [0.3, 0.4) is 0 Å². The summed E-state index contributed by atoms with van der Waals surface area (Å²) < 4.78 is 2.02. The molecule has 1 aromatic heterocycles. The summed E-state index contributed by atoms with van der Waals surface area (Å²) in [6.45, 7) is 5.40. The van der Waals surface area contributed by atoms with Gasteiger partial charge in [0.15, 0.2) is 0 Å². The Morgan fingerprint density at radius 3 is 3.00 bits per heavy atom. The number of hydrogen-bond donors (Lipinski definition) is 2. The van der Waals surface area contributed by atoms with Crippen LogP contribution in [0.5, 0.6) is 0 Å². The molecule has 1 aromatic rings. The Morgan fingerprint density at radius 1 is 1.45 bits per heavy atom. The van der Waals surface area contributed by atoms with Crippen molar-refractivity contribution in [1.29, 1.82) is 0 Å². The minimum absolute atomic E-state index is 0.323. The maximum atomic E-state index is 5.82. The Balaban J connectivity index is 1.99. The van der Waals surface area contributed by atoms with E-state index in [1.165, 1.54) is 32.1 Å². The molecule has 5 heteroatoms. The highest BCUT2D eigenvalue weighted by atomic mass is 15.3. The van der Waals surface area contributed by atoms with E-state index in [1.807, 2.05) is 4.68 Å². The number of rotatable bonds is 7. The number of aromatic nitrogens is 3. The van der Waals surface area contributed by atoms with Crippen LogP contribution < -0.4 is 11.3 Å². The molecule has 114 valence electrons. The SMILES string of the molecule is CCCn1ncnc1CC(NN)C1CCCC(CC)C1. The third-order valence-corrected chi connectivity index (χ3v) is 4.72. The van der Waals surface area contributed by atoms with Crippen molar-refractivity contribution in [1.82, 2.24) is 20.2 Å². The highest BCUT2D eigenvalue weighted by molar-refractivity contribution is 4.93. The molecule has 1 saturated carbocycles. The molecule has 0 saturated heterocycles. The first kappa shape index (κ1) is 15.4. The molecule has 20 heavy (non-hydrogen) atoms. The van der Waals surface area contributed by atoms with Crippen LogP contribution in [0.1, 0.15) is 58.2 Å². The summed E-state index contributed by atoms with van der Waals surface area (Å²) >= 11 is 0. The van der Waals surface area contributed by atoms with E-state index in [4.69, 9.17) is 5.84 Å². The fourth-order valence-corrected chi connectivity index (χ4v) is 3.47. The van der Waals surface area contributed by atoms with Gasteiger partial charge in [-0.25, -0.2) is 4.98 Å². The number of nitrogens with zero attached hydrogens (tertiary/aromatic N) is 3. The molecule has 3 atom stereocenters. The van der Waals surface area contributed by atoms with Gasteiger partial charge >= 0.3 is 0 Å². The van der Waals surface area contributed by atoms with E-state index in [0.29, 0.717) is 12.0 Å². The van der Waals surface area contributed by atoms with E-state index in [-0.39, 0.29) is 0 Å². The molecule has 0 spiro atoms. The van der Waals surface area contributed by atoms with Crippen LogP contribution in [0.15, 0.2) is 6.33 Å². The van der Waals surface area contributed by atoms with Crippen LogP contribution in [-0.2, 0) is 13.0 Å². The van der Waals surface area contributed by atoms with Crippen molar-refractivity contribution >= 4 is 0 Å². The van der Waals surface area contributed by atoms with E-state index in [2.05, 4.69) is 29.4 Å². The number of aryl methyl sites for hydroxylation is 1. The summed E-state index contributed by atoms with van der Waals surface area (Å²) in [6.07, 6.45) is 10.2. The highest BCUT2D eigenvalue weighted by Crippen LogP contribution is 2.33. The minimum atomic E-state index is 0.323. The van der Waals surface area contributed by atoms with Crippen molar-refractivity contribution in [2.45, 2.75) is 71.4 Å². The molecule has 0 amide bonds. The molecule has 0 aliphatic heterocycles. The first-order valence-electron chi connectivity index (χ1n) is 8.11. The first-order chi connectivity index (χ1) is 9.78. The van der Waals surface area contributed by atoms with Gasteiger partial charge in [0.1, 0.15) is 12.2 Å².